The summed E-state index contributed by atoms with van der Waals surface area (Å²) in [6.45, 7) is 2.36. The quantitative estimate of drug-likeness (QED) is 0.898. The van der Waals surface area contributed by atoms with E-state index >= 15 is 0 Å². The third-order valence-electron chi connectivity index (χ3n) is 3.78. The number of rotatable bonds is 3. The molecule has 1 fully saturated rings. The Morgan fingerprint density at radius 2 is 2.17 bits per heavy atom. The van der Waals surface area contributed by atoms with Gasteiger partial charge >= 0.3 is 0 Å². The van der Waals surface area contributed by atoms with Gasteiger partial charge in [0.1, 0.15) is 5.82 Å². The van der Waals surface area contributed by atoms with Gasteiger partial charge in [-0.25, -0.2) is 4.98 Å². The Morgan fingerprint density at radius 1 is 1.28 bits per heavy atom. The van der Waals surface area contributed by atoms with Gasteiger partial charge in [-0.3, -0.25) is 0 Å². The van der Waals surface area contributed by atoms with Gasteiger partial charge in [-0.05, 0) is 30.2 Å². The molecule has 0 bridgehead atoms. The molecule has 2 heterocycles. The lowest BCUT2D eigenvalue weighted by molar-refractivity contribution is 0.263. The van der Waals surface area contributed by atoms with Crippen LogP contribution in [0.25, 0.3) is 10.8 Å². The number of aromatic nitrogens is 1. The first kappa shape index (κ1) is 11.5. The van der Waals surface area contributed by atoms with Gasteiger partial charge in [0.05, 0.1) is 0 Å². The molecule has 0 amide bonds. The monoisotopic (exact) mass is 242 g/mol. The molecule has 2 aromatic rings. The molecule has 1 saturated heterocycles. The highest BCUT2D eigenvalue weighted by Crippen LogP contribution is 2.29. The lowest BCUT2D eigenvalue weighted by atomic mass is 10.1. The van der Waals surface area contributed by atoms with Crippen LogP contribution in [0.4, 0.5) is 5.82 Å². The maximum absolute atomic E-state index is 9.02. The smallest absolute Gasteiger partial charge is 0.136 e. The number of aliphatic hydroxyl groups is 1. The highest BCUT2D eigenvalue weighted by atomic mass is 16.3. The Labute approximate surface area is 107 Å². The Bertz CT molecular complexity index is 536. The maximum Gasteiger partial charge on any atom is 0.136 e. The molecule has 0 spiro atoms. The van der Waals surface area contributed by atoms with Crippen molar-refractivity contribution < 1.29 is 5.11 Å². The molecule has 0 radical (unpaired) electrons. The van der Waals surface area contributed by atoms with Gasteiger partial charge in [-0.15, -0.1) is 0 Å². The van der Waals surface area contributed by atoms with Gasteiger partial charge in [0.25, 0.3) is 0 Å². The van der Waals surface area contributed by atoms with E-state index in [-0.39, 0.29) is 0 Å². The molecular formula is C15H18N2O. The molecule has 3 rings (SSSR count). The van der Waals surface area contributed by atoms with Gasteiger partial charge in [0.15, 0.2) is 0 Å². The summed E-state index contributed by atoms with van der Waals surface area (Å²) in [5.41, 5.74) is 0. The number of hydrogen-bond acceptors (Lipinski definition) is 3. The number of nitrogens with zero attached hydrogens (tertiary/aromatic N) is 2. The molecular weight excluding hydrogens is 224 g/mol. The Balaban J connectivity index is 1.91. The van der Waals surface area contributed by atoms with Gasteiger partial charge in [0.2, 0.25) is 0 Å². The van der Waals surface area contributed by atoms with Crippen LogP contribution in [0.3, 0.4) is 0 Å². The molecule has 0 aliphatic carbocycles. The second kappa shape index (κ2) is 4.94. The Kier molecular flexibility index (Phi) is 3.15. The van der Waals surface area contributed by atoms with Crippen LogP contribution in [0.5, 0.6) is 0 Å². The van der Waals surface area contributed by atoms with Crippen molar-refractivity contribution in [1.29, 1.82) is 0 Å². The molecule has 18 heavy (non-hydrogen) atoms. The lowest BCUT2D eigenvalue weighted by Gasteiger charge is -2.19. The number of fused-ring (bicyclic) bond motifs is 1. The number of benzene rings is 1. The zero-order valence-corrected chi connectivity index (χ0v) is 10.4. The van der Waals surface area contributed by atoms with Crippen molar-refractivity contribution in [3.05, 3.63) is 36.5 Å². The van der Waals surface area contributed by atoms with E-state index in [0.29, 0.717) is 12.5 Å². The van der Waals surface area contributed by atoms with E-state index in [4.69, 9.17) is 5.11 Å². The number of anilines is 1. The van der Waals surface area contributed by atoms with Crippen LogP contribution < -0.4 is 4.90 Å². The molecule has 1 aliphatic rings. The van der Waals surface area contributed by atoms with E-state index in [1.165, 1.54) is 10.8 Å². The van der Waals surface area contributed by atoms with Crippen LogP contribution in [0, 0.1) is 5.92 Å². The van der Waals surface area contributed by atoms with E-state index in [2.05, 4.69) is 40.2 Å². The van der Waals surface area contributed by atoms with Crippen LogP contribution in [0.2, 0.25) is 0 Å². The highest BCUT2D eigenvalue weighted by molar-refractivity contribution is 5.92. The lowest BCUT2D eigenvalue weighted by Crippen LogP contribution is -2.21. The minimum absolute atomic E-state index is 0.293. The van der Waals surface area contributed by atoms with Crippen molar-refractivity contribution in [2.24, 2.45) is 5.92 Å². The predicted octanol–water partition coefficient (Wildman–Crippen LogP) is 2.44. The molecule has 1 aromatic heterocycles. The Morgan fingerprint density at radius 3 is 3.06 bits per heavy atom. The van der Waals surface area contributed by atoms with Gasteiger partial charge in [-0.1, -0.05) is 24.3 Å². The van der Waals surface area contributed by atoms with Crippen molar-refractivity contribution in [2.45, 2.75) is 12.8 Å². The predicted molar refractivity (Wildman–Crippen MR) is 73.8 cm³/mol. The second-order valence-electron chi connectivity index (χ2n) is 4.97. The topological polar surface area (TPSA) is 36.4 Å². The molecule has 1 aromatic carbocycles. The van der Waals surface area contributed by atoms with Gasteiger partial charge in [0, 0.05) is 31.3 Å². The Hall–Kier alpha value is -1.61. The van der Waals surface area contributed by atoms with Crippen molar-refractivity contribution in [3.8, 4) is 0 Å². The van der Waals surface area contributed by atoms with Crippen molar-refractivity contribution in [3.63, 3.8) is 0 Å². The second-order valence-corrected chi connectivity index (χ2v) is 4.97. The number of hydrogen-bond donors (Lipinski definition) is 1. The maximum atomic E-state index is 9.02. The highest BCUT2D eigenvalue weighted by Gasteiger charge is 2.23. The summed E-state index contributed by atoms with van der Waals surface area (Å²) >= 11 is 0. The minimum atomic E-state index is 0.293. The van der Waals surface area contributed by atoms with Crippen LogP contribution in [0.1, 0.15) is 12.8 Å². The van der Waals surface area contributed by atoms with Crippen molar-refractivity contribution in [1.82, 2.24) is 4.98 Å². The third kappa shape index (κ3) is 2.06. The van der Waals surface area contributed by atoms with Crippen molar-refractivity contribution in [2.75, 3.05) is 24.6 Å². The fourth-order valence-corrected chi connectivity index (χ4v) is 2.80. The fourth-order valence-electron chi connectivity index (χ4n) is 2.80. The number of aliphatic hydroxyl groups excluding tert-OH is 1. The standard InChI is InChI=1S/C15H18N2O/c18-10-7-12-6-9-17(11-12)15-14-4-2-1-3-13(14)5-8-16-15/h1-5,8,12,18H,6-7,9-11H2. The van der Waals surface area contributed by atoms with Gasteiger partial charge < -0.3 is 10.0 Å². The summed E-state index contributed by atoms with van der Waals surface area (Å²) in [7, 11) is 0. The summed E-state index contributed by atoms with van der Waals surface area (Å²) in [6.07, 6.45) is 3.95. The first-order valence-electron chi connectivity index (χ1n) is 6.58. The van der Waals surface area contributed by atoms with E-state index in [1.807, 2.05) is 6.20 Å². The molecule has 3 heteroatoms. The fraction of sp³-hybridized carbons (Fsp3) is 0.400. The van der Waals surface area contributed by atoms with Crippen LogP contribution in [-0.4, -0.2) is 29.8 Å². The average molecular weight is 242 g/mol. The zero-order chi connectivity index (χ0) is 12.4. The largest absolute Gasteiger partial charge is 0.396 e. The molecule has 1 aliphatic heterocycles. The van der Waals surface area contributed by atoms with E-state index in [0.717, 1.165) is 31.7 Å². The number of pyridine rings is 1. The SMILES string of the molecule is OCCC1CCN(c2nccc3ccccc23)C1. The minimum Gasteiger partial charge on any atom is -0.396 e. The van der Waals surface area contributed by atoms with Gasteiger partial charge in [-0.2, -0.15) is 0 Å². The summed E-state index contributed by atoms with van der Waals surface area (Å²) in [5, 5.41) is 11.5. The van der Waals surface area contributed by atoms with Crippen LogP contribution in [-0.2, 0) is 0 Å². The molecule has 1 atom stereocenters. The van der Waals surface area contributed by atoms with E-state index in [9.17, 15) is 0 Å². The molecule has 1 N–H and O–H groups in total. The summed E-state index contributed by atoms with van der Waals surface area (Å²) in [6, 6.07) is 10.4. The molecule has 3 nitrogen and oxygen atoms in total. The molecule has 0 saturated carbocycles. The normalized spacial score (nSPS) is 19.6. The third-order valence-corrected chi connectivity index (χ3v) is 3.78. The van der Waals surface area contributed by atoms with Crippen molar-refractivity contribution >= 4 is 16.6 Å². The average Bonchev–Trinajstić information content (AvgIpc) is 2.87. The first-order chi connectivity index (χ1) is 8.88. The summed E-state index contributed by atoms with van der Waals surface area (Å²) in [4.78, 5) is 6.90. The zero-order valence-electron chi connectivity index (χ0n) is 10.4. The molecule has 94 valence electrons. The first-order valence-corrected chi connectivity index (χ1v) is 6.58. The molecule has 1 unspecified atom stereocenters. The van der Waals surface area contributed by atoms with E-state index in [1.54, 1.807) is 0 Å². The van der Waals surface area contributed by atoms with E-state index < -0.39 is 0 Å². The van der Waals surface area contributed by atoms with Crippen LogP contribution >= 0.6 is 0 Å². The summed E-state index contributed by atoms with van der Waals surface area (Å²) in [5.74, 6) is 1.70. The summed E-state index contributed by atoms with van der Waals surface area (Å²) < 4.78 is 0. The van der Waals surface area contributed by atoms with Crippen LogP contribution in [0.15, 0.2) is 36.5 Å².